The second-order valence-electron chi connectivity index (χ2n) is 9.46. The molecule has 8 nitrogen and oxygen atoms in total. The molecule has 0 radical (unpaired) electrons. The van der Waals surface area contributed by atoms with Gasteiger partial charge in [0.15, 0.2) is 5.01 Å². The van der Waals surface area contributed by atoms with Crippen molar-refractivity contribution in [2.24, 2.45) is 0 Å². The third kappa shape index (κ3) is 4.37. The maximum absolute atomic E-state index is 12.8. The summed E-state index contributed by atoms with van der Waals surface area (Å²) in [4.78, 5) is 30.0. The number of carbonyl (C=O) groups is 1. The third-order valence-electron chi connectivity index (χ3n) is 7.54. The van der Waals surface area contributed by atoms with Gasteiger partial charge in [0.1, 0.15) is 5.65 Å². The van der Waals surface area contributed by atoms with Gasteiger partial charge in [-0.1, -0.05) is 0 Å². The van der Waals surface area contributed by atoms with Crippen molar-refractivity contribution < 1.29 is 14.3 Å². The van der Waals surface area contributed by atoms with Gasteiger partial charge in [-0.3, -0.25) is 9.69 Å². The number of nitrogens with one attached hydrogen (secondary N) is 1. The standard InChI is InChI=1S/C25H31N5O3S/c31-25(30-7-11-33-12-8-30)24-28-22(16-34-24)21-15-27-23-20(21)13-18(14-26-23)17-1-3-19(4-2-17)29-5-9-32-10-6-29/h13-17,19H,1-12H2,(H,26,27)/t17-,19+. The molecule has 0 bridgehead atoms. The number of aromatic amines is 1. The first kappa shape index (κ1) is 22.2. The summed E-state index contributed by atoms with van der Waals surface area (Å²) in [5.74, 6) is 0.543. The van der Waals surface area contributed by atoms with Crippen LogP contribution in [0.25, 0.3) is 22.3 Å². The summed E-state index contributed by atoms with van der Waals surface area (Å²) in [5.41, 5.74) is 4.04. The quantitative estimate of drug-likeness (QED) is 0.614. The smallest absolute Gasteiger partial charge is 0.283 e. The zero-order valence-corrected chi connectivity index (χ0v) is 20.2. The van der Waals surface area contributed by atoms with E-state index < -0.39 is 0 Å². The van der Waals surface area contributed by atoms with Gasteiger partial charge >= 0.3 is 0 Å². The van der Waals surface area contributed by atoms with E-state index in [0.29, 0.717) is 43.3 Å². The van der Waals surface area contributed by atoms with Crippen molar-refractivity contribution >= 4 is 28.3 Å². The third-order valence-corrected chi connectivity index (χ3v) is 8.37. The number of rotatable bonds is 4. The van der Waals surface area contributed by atoms with Gasteiger partial charge in [-0.05, 0) is 43.2 Å². The van der Waals surface area contributed by atoms with E-state index in [1.165, 1.54) is 42.6 Å². The molecule has 2 aliphatic heterocycles. The van der Waals surface area contributed by atoms with Crippen LogP contribution in [0.2, 0.25) is 0 Å². The molecule has 5 heterocycles. The summed E-state index contributed by atoms with van der Waals surface area (Å²) in [7, 11) is 0. The Labute approximate surface area is 203 Å². The first-order chi connectivity index (χ1) is 16.8. The summed E-state index contributed by atoms with van der Waals surface area (Å²) >= 11 is 1.41. The zero-order chi connectivity index (χ0) is 22.9. The number of thiazole rings is 1. The molecule has 3 aromatic heterocycles. The van der Waals surface area contributed by atoms with Crippen LogP contribution in [0.15, 0.2) is 23.8 Å². The van der Waals surface area contributed by atoms with Gasteiger partial charge in [0, 0.05) is 60.9 Å². The normalized spacial score (nSPS) is 24.5. The second-order valence-corrected chi connectivity index (χ2v) is 10.3. The number of H-pyrrole nitrogens is 1. The van der Waals surface area contributed by atoms with Crippen LogP contribution in [0.4, 0.5) is 0 Å². The van der Waals surface area contributed by atoms with Crippen molar-refractivity contribution in [2.75, 3.05) is 52.6 Å². The lowest BCUT2D eigenvalue weighted by molar-refractivity contribution is 0.00729. The number of carbonyl (C=O) groups excluding carboxylic acids is 1. The molecule has 0 atom stereocenters. The molecular weight excluding hydrogens is 450 g/mol. The van der Waals surface area contributed by atoms with Crippen molar-refractivity contribution in [3.63, 3.8) is 0 Å². The zero-order valence-electron chi connectivity index (χ0n) is 19.4. The summed E-state index contributed by atoms with van der Waals surface area (Å²) in [6.07, 6.45) is 8.88. The average molecular weight is 482 g/mol. The SMILES string of the molecule is O=C(c1nc(-c2c[nH]c3ncc([C@H]4CC[C@@H](N5CCOCC5)CC4)cc23)cs1)N1CCOCC1. The lowest BCUT2D eigenvalue weighted by Crippen LogP contribution is -2.44. The number of hydrogen-bond acceptors (Lipinski definition) is 7. The summed E-state index contributed by atoms with van der Waals surface area (Å²) in [6.45, 7) is 6.31. The fraction of sp³-hybridized carbons (Fsp3) is 0.560. The van der Waals surface area contributed by atoms with E-state index in [-0.39, 0.29) is 5.91 Å². The molecular formula is C25H31N5O3S. The van der Waals surface area contributed by atoms with E-state index in [1.54, 1.807) is 0 Å². The largest absolute Gasteiger partial charge is 0.379 e. The summed E-state index contributed by atoms with van der Waals surface area (Å²) in [5, 5.41) is 3.61. The Balaban J connectivity index is 1.18. The fourth-order valence-electron chi connectivity index (χ4n) is 5.57. The molecule has 1 N–H and O–H groups in total. The molecule has 3 aromatic rings. The van der Waals surface area contributed by atoms with Gasteiger partial charge in [-0.15, -0.1) is 11.3 Å². The molecule has 0 spiro atoms. The van der Waals surface area contributed by atoms with E-state index in [2.05, 4.69) is 16.0 Å². The van der Waals surface area contributed by atoms with E-state index >= 15 is 0 Å². The molecule has 2 saturated heterocycles. The van der Waals surface area contributed by atoms with Crippen LogP contribution in [0.1, 0.15) is 47.0 Å². The van der Waals surface area contributed by atoms with E-state index in [1.807, 2.05) is 22.7 Å². The molecule has 0 aromatic carbocycles. The molecule has 1 aliphatic carbocycles. The van der Waals surface area contributed by atoms with Crippen molar-refractivity contribution in [1.29, 1.82) is 0 Å². The highest BCUT2D eigenvalue weighted by molar-refractivity contribution is 7.12. The lowest BCUT2D eigenvalue weighted by Gasteiger charge is -2.38. The Hall–Kier alpha value is -2.33. The molecule has 34 heavy (non-hydrogen) atoms. The lowest BCUT2D eigenvalue weighted by atomic mass is 9.81. The van der Waals surface area contributed by atoms with Crippen molar-refractivity contribution in [3.8, 4) is 11.3 Å². The Morgan fingerprint density at radius 2 is 1.76 bits per heavy atom. The molecule has 3 aliphatic rings. The minimum Gasteiger partial charge on any atom is -0.379 e. The number of amides is 1. The Morgan fingerprint density at radius 3 is 2.53 bits per heavy atom. The predicted molar refractivity (Wildman–Crippen MR) is 131 cm³/mol. The van der Waals surface area contributed by atoms with Gasteiger partial charge in [-0.25, -0.2) is 9.97 Å². The number of hydrogen-bond donors (Lipinski definition) is 1. The van der Waals surface area contributed by atoms with Gasteiger partial charge in [-0.2, -0.15) is 0 Å². The molecule has 6 rings (SSSR count). The maximum Gasteiger partial charge on any atom is 0.283 e. The van der Waals surface area contributed by atoms with E-state index in [9.17, 15) is 4.79 Å². The first-order valence-electron chi connectivity index (χ1n) is 12.4. The Morgan fingerprint density at radius 1 is 1.03 bits per heavy atom. The van der Waals surface area contributed by atoms with Crippen LogP contribution < -0.4 is 0 Å². The first-order valence-corrected chi connectivity index (χ1v) is 13.3. The summed E-state index contributed by atoms with van der Waals surface area (Å²) in [6, 6.07) is 2.98. The highest BCUT2D eigenvalue weighted by Crippen LogP contribution is 2.37. The van der Waals surface area contributed by atoms with Crippen LogP contribution in [0, 0.1) is 0 Å². The molecule has 1 saturated carbocycles. The Bertz CT molecular complexity index is 1140. The van der Waals surface area contributed by atoms with Crippen LogP contribution in [-0.2, 0) is 9.47 Å². The minimum atomic E-state index is -0.00441. The van der Waals surface area contributed by atoms with Gasteiger partial charge in [0.25, 0.3) is 5.91 Å². The van der Waals surface area contributed by atoms with E-state index in [0.717, 1.165) is 48.6 Å². The van der Waals surface area contributed by atoms with Crippen LogP contribution in [-0.4, -0.2) is 89.3 Å². The topological polar surface area (TPSA) is 83.6 Å². The molecule has 9 heteroatoms. The number of aromatic nitrogens is 3. The van der Waals surface area contributed by atoms with Crippen molar-refractivity contribution in [1.82, 2.24) is 24.8 Å². The van der Waals surface area contributed by atoms with Crippen LogP contribution in [0.5, 0.6) is 0 Å². The van der Waals surface area contributed by atoms with E-state index in [4.69, 9.17) is 19.4 Å². The maximum atomic E-state index is 12.8. The predicted octanol–water partition coefficient (Wildman–Crippen LogP) is 3.52. The number of nitrogens with zero attached hydrogens (tertiary/aromatic N) is 4. The van der Waals surface area contributed by atoms with Gasteiger partial charge in [0.2, 0.25) is 0 Å². The van der Waals surface area contributed by atoms with Gasteiger partial charge in [0.05, 0.1) is 32.1 Å². The van der Waals surface area contributed by atoms with Crippen LogP contribution in [0.3, 0.4) is 0 Å². The molecule has 180 valence electrons. The van der Waals surface area contributed by atoms with Crippen molar-refractivity contribution in [3.05, 3.63) is 34.4 Å². The van der Waals surface area contributed by atoms with Gasteiger partial charge < -0.3 is 19.4 Å². The molecule has 3 fully saturated rings. The monoisotopic (exact) mass is 481 g/mol. The fourth-order valence-corrected chi connectivity index (χ4v) is 6.35. The number of ether oxygens (including phenoxy) is 2. The number of morpholine rings is 2. The second kappa shape index (κ2) is 9.73. The molecule has 1 amide bonds. The highest BCUT2D eigenvalue weighted by Gasteiger charge is 2.28. The average Bonchev–Trinajstić information content (AvgIpc) is 3.56. The minimum absolute atomic E-state index is 0.00441. The highest BCUT2D eigenvalue weighted by atomic mass is 32.1. The Kier molecular flexibility index (Phi) is 6.34. The summed E-state index contributed by atoms with van der Waals surface area (Å²) < 4.78 is 10.9. The number of fused-ring (bicyclic) bond motifs is 1. The molecule has 0 unspecified atom stereocenters. The number of pyridine rings is 1. The van der Waals surface area contributed by atoms with Crippen LogP contribution >= 0.6 is 11.3 Å². The van der Waals surface area contributed by atoms with Crippen molar-refractivity contribution in [2.45, 2.75) is 37.6 Å².